The maximum absolute atomic E-state index is 13.0. The van der Waals surface area contributed by atoms with Crippen molar-refractivity contribution in [1.29, 1.82) is 0 Å². The van der Waals surface area contributed by atoms with E-state index in [0.717, 1.165) is 11.1 Å². The number of aryl methyl sites for hydroxylation is 1. The second-order valence-corrected chi connectivity index (χ2v) is 9.48. The molecule has 0 atom stereocenters. The molecule has 0 saturated heterocycles. The van der Waals surface area contributed by atoms with Crippen molar-refractivity contribution >= 4 is 38.9 Å². The molecule has 0 radical (unpaired) electrons. The van der Waals surface area contributed by atoms with Crippen molar-refractivity contribution < 1.29 is 17.9 Å². The van der Waals surface area contributed by atoms with Gasteiger partial charge in [0, 0.05) is 22.0 Å². The Bertz CT molecular complexity index is 1450. The number of amides is 1. The van der Waals surface area contributed by atoms with E-state index in [-0.39, 0.29) is 22.0 Å². The zero-order chi connectivity index (χ0) is 24.3. The van der Waals surface area contributed by atoms with Crippen LogP contribution < -0.4 is 14.8 Å². The minimum atomic E-state index is -4.02. The zero-order valence-electron chi connectivity index (χ0n) is 18.3. The number of methoxy groups -OCH3 is 1. The number of ether oxygens (including phenoxy) is 1. The minimum Gasteiger partial charge on any atom is -0.495 e. The lowest BCUT2D eigenvalue weighted by Gasteiger charge is -2.13. The number of imidazole rings is 1. The summed E-state index contributed by atoms with van der Waals surface area (Å²) in [4.78, 5) is 20.0. The van der Waals surface area contributed by atoms with Gasteiger partial charge in [-0.1, -0.05) is 35.9 Å². The Labute approximate surface area is 202 Å². The molecule has 1 aromatic heterocycles. The predicted octanol–water partition coefficient (Wildman–Crippen LogP) is 5.10. The van der Waals surface area contributed by atoms with Crippen LogP contribution in [0.1, 0.15) is 16.1 Å². The average molecular weight is 497 g/mol. The summed E-state index contributed by atoms with van der Waals surface area (Å²) in [7, 11) is -2.65. The fraction of sp³-hybridized carbons (Fsp3) is 0.0833. The fourth-order valence-corrected chi connectivity index (χ4v) is 4.68. The van der Waals surface area contributed by atoms with Crippen LogP contribution in [-0.4, -0.2) is 31.4 Å². The summed E-state index contributed by atoms with van der Waals surface area (Å²) in [6, 6.07) is 18.3. The number of aromatic amines is 1. The molecule has 1 amide bonds. The summed E-state index contributed by atoms with van der Waals surface area (Å²) in [5.41, 5.74) is 2.74. The number of anilines is 2. The first-order chi connectivity index (χ1) is 16.3. The number of nitrogens with one attached hydrogen (secondary N) is 3. The Hall–Kier alpha value is -3.82. The van der Waals surface area contributed by atoms with E-state index in [2.05, 4.69) is 20.0 Å². The van der Waals surface area contributed by atoms with Gasteiger partial charge in [-0.15, -0.1) is 0 Å². The number of carbonyl (C=O) groups excluding carboxylic acids is 1. The quantitative estimate of drug-likeness (QED) is 0.329. The smallest absolute Gasteiger partial charge is 0.273 e. The van der Waals surface area contributed by atoms with Gasteiger partial charge in [-0.05, 0) is 55.0 Å². The standard InChI is InChI=1S/C24H21ClN4O4S/c1-15-5-3-4-6-19(15)23-26-14-20(28-23)24(30)27-18-11-12-21(33-2)22(13-18)34(31,32)29-17-9-7-16(25)8-10-17/h3-14,29H,1-2H3,(H,26,28)(H,27,30). The molecular formula is C24H21ClN4O4S. The number of H-pyrrole nitrogens is 1. The highest BCUT2D eigenvalue weighted by Crippen LogP contribution is 2.29. The molecule has 0 saturated carbocycles. The molecule has 4 rings (SSSR count). The van der Waals surface area contributed by atoms with Crippen molar-refractivity contribution in [2.24, 2.45) is 0 Å². The molecule has 4 aromatic rings. The molecule has 34 heavy (non-hydrogen) atoms. The van der Waals surface area contributed by atoms with Gasteiger partial charge in [-0.3, -0.25) is 9.52 Å². The summed E-state index contributed by atoms with van der Waals surface area (Å²) >= 11 is 5.87. The molecule has 0 aliphatic rings. The number of benzene rings is 3. The summed E-state index contributed by atoms with van der Waals surface area (Å²) < 4.78 is 33.7. The number of nitrogens with zero attached hydrogens (tertiary/aromatic N) is 1. The Kier molecular flexibility index (Phi) is 6.58. The first-order valence-electron chi connectivity index (χ1n) is 10.2. The van der Waals surface area contributed by atoms with Crippen LogP contribution in [0.25, 0.3) is 11.4 Å². The van der Waals surface area contributed by atoms with Crippen molar-refractivity contribution in [1.82, 2.24) is 9.97 Å². The van der Waals surface area contributed by atoms with Gasteiger partial charge in [0.1, 0.15) is 22.2 Å². The van der Waals surface area contributed by atoms with Crippen LogP contribution in [0.15, 0.2) is 77.8 Å². The number of rotatable bonds is 7. The molecular weight excluding hydrogens is 476 g/mol. The highest BCUT2D eigenvalue weighted by Gasteiger charge is 2.21. The molecule has 0 bridgehead atoms. The summed E-state index contributed by atoms with van der Waals surface area (Å²) in [5.74, 6) is 0.225. The molecule has 1 heterocycles. The second-order valence-electron chi connectivity index (χ2n) is 7.39. The molecule has 0 aliphatic heterocycles. The molecule has 3 aromatic carbocycles. The number of aromatic nitrogens is 2. The van der Waals surface area contributed by atoms with Crippen molar-refractivity contribution in [3.8, 4) is 17.1 Å². The first-order valence-corrected chi connectivity index (χ1v) is 12.0. The van der Waals surface area contributed by atoms with Gasteiger partial charge in [0.2, 0.25) is 0 Å². The first kappa shape index (κ1) is 23.3. The van der Waals surface area contributed by atoms with E-state index in [1.165, 1.54) is 25.4 Å². The Morgan fingerprint density at radius 3 is 2.44 bits per heavy atom. The summed E-state index contributed by atoms with van der Waals surface area (Å²) in [6.45, 7) is 1.95. The van der Waals surface area contributed by atoms with Crippen molar-refractivity contribution in [2.75, 3.05) is 17.1 Å². The van der Waals surface area contributed by atoms with Gasteiger partial charge in [-0.25, -0.2) is 13.4 Å². The maximum Gasteiger partial charge on any atom is 0.273 e. The SMILES string of the molecule is COc1ccc(NC(=O)c2cnc(-c3ccccc3C)[nH]2)cc1S(=O)(=O)Nc1ccc(Cl)cc1. The van der Waals surface area contributed by atoms with Crippen LogP contribution in [-0.2, 0) is 10.0 Å². The van der Waals surface area contributed by atoms with E-state index in [9.17, 15) is 13.2 Å². The van der Waals surface area contributed by atoms with Gasteiger partial charge in [0.15, 0.2) is 0 Å². The second kappa shape index (κ2) is 9.58. The molecule has 0 fully saturated rings. The van der Waals surface area contributed by atoms with Crippen LogP contribution in [0, 0.1) is 6.92 Å². The third kappa shape index (κ3) is 5.05. The highest BCUT2D eigenvalue weighted by molar-refractivity contribution is 7.92. The normalized spacial score (nSPS) is 11.1. The lowest BCUT2D eigenvalue weighted by molar-refractivity contribution is 0.102. The van der Waals surface area contributed by atoms with Gasteiger partial charge in [0.05, 0.1) is 13.3 Å². The van der Waals surface area contributed by atoms with Gasteiger partial charge in [0.25, 0.3) is 15.9 Å². The monoisotopic (exact) mass is 496 g/mol. The Morgan fingerprint density at radius 2 is 1.74 bits per heavy atom. The number of hydrogen-bond donors (Lipinski definition) is 3. The van der Waals surface area contributed by atoms with E-state index < -0.39 is 15.9 Å². The largest absolute Gasteiger partial charge is 0.495 e. The lowest BCUT2D eigenvalue weighted by Crippen LogP contribution is -2.16. The molecule has 0 unspecified atom stereocenters. The van der Waals surface area contributed by atoms with Crippen molar-refractivity contribution in [3.05, 3.63) is 89.2 Å². The molecule has 8 nitrogen and oxygen atoms in total. The number of carbonyl (C=O) groups is 1. The molecule has 0 spiro atoms. The van der Waals surface area contributed by atoms with Gasteiger partial charge in [-0.2, -0.15) is 0 Å². The van der Waals surface area contributed by atoms with E-state index in [4.69, 9.17) is 16.3 Å². The maximum atomic E-state index is 13.0. The third-order valence-electron chi connectivity index (χ3n) is 5.03. The summed E-state index contributed by atoms with van der Waals surface area (Å²) in [6.07, 6.45) is 1.43. The van der Waals surface area contributed by atoms with E-state index >= 15 is 0 Å². The van der Waals surface area contributed by atoms with Crippen LogP contribution in [0.4, 0.5) is 11.4 Å². The fourth-order valence-electron chi connectivity index (χ4n) is 3.30. The third-order valence-corrected chi connectivity index (χ3v) is 6.68. The zero-order valence-corrected chi connectivity index (χ0v) is 19.9. The minimum absolute atomic E-state index is 0.128. The Morgan fingerprint density at radius 1 is 1.03 bits per heavy atom. The van der Waals surface area contributed by atoms with Crippen LogP contribution >= 0.6 is 11.6 Å². The average Bonchev–Trinajstić information content (AvgIpc) is 3.31. The molecule has 3 N–H and O–H groups in total. The predicted molar refractivity (Wildman–Crippen MR) is 132 cm³/mol. The van der Waals surface area contributed by atoms with Gasteiger partial charge < -0.3 is 15.0 Å². The highest BCUT2D eigenvalue weighted by atomic mass is 35.5. The van der Waals surface area contributed by atoms with Crippen molar-refractivity contribution in [3.63, 3.8) is 0 Å². The Balaban J connectivity index is 1.58. The number of hydrogen-bond acceptors (Lipinski definition) is 5. The van der Waals surface area contributed by atoms with Crippen LogP contribution in [0.3, 0.4) is 0 Å². The molecule has 10 heteroatoms. The van der Waals surface area contributed by atoms with Crippen LogP contribution in [0.2, 0.25) is 5.02 Å². The van der Waals surface area contributed by atoms with E-state index in [1.54, 1.807) is 30.3 Å². The lowest BCUT2D eigenvalue weighted by atomic mass is 10.1. The topological polar surface area (TPSA) is 113 Å². The van der Waals surface area contributed by atoms with Crippen molar-refractivity contribution in [2.45, 2.75) is 11.8 Å². The van der Waals surface area contributed by atoms with E-state index in [1.807, 2.05) is 31.2 Å². The van der Waals surface area contributed by atoms with Crippen LogP contribution in [0.5, 0.6) is 5.75 Å². The van der Waals surface area contributed by atoms with Gasteiger partial charge >= 0.3 is 0 Å². The molecule has 174 valence electrons. The van der Waals surface area contributed by atoms with E-state index in [0.29, 0.717) is 16.5 Å². The number of sulfonamides is 1. The summed E-state index contributed by atoms with van der Waals surface area (Å²) in [5, 5.41) is 3.18. The number of halogens is 1. The molecule has 0 aliphatic carbocycles.